The molecule has 0 saturated heterocycles. The number of alkyl halides is 1. The first-order valence-electron chi connectivity index (χ1n) is 5.34. The Hall–Kier alpha value is -1.76. The Balaban J connectivity index is 2.38. The Morgan fingerprint density at radius 3 is 2.94 bits per heavy atom. The van der Waals surface area contributed by atoms with Gasteiger partial charge in [-0.15, -0.1) is 5.10 Å². The van der Waals surface area contributed by atoms with E-state index in [0.29, 0.717) is 11.3 Å². The maximum Gasteiger partial charge on any atom is 0.274 e. The molecule has 0 aliphatic carbocycles. The fourth-order valence-corrected chi connectivity index (χ4v) is 1.98. The average Bonchev–Trinajstić information content (AvgIpc) is 2.78. The van der Waals surface area contributed by atoms with Crippen LogP contribution in [0.1, 0.15) is 11.3 Å². The summed E-state index contributed by atoms with van der Waals surface area (Å²) < 4.78 is 1.55. The molecule has 6 nitrogen and oxygen atoms in total. The van der Waals surface area contributed by atoms with Gasteiger partial charge < -0.3 is 0 Å². The van der Waals surface area contributed by atoms with E-state index in [2.05, 4.69) is 26.2 Å². The van der Waals surface area contributed by atoms with Crippen LogP contribution in [0.15, 0.2) is 24.4 Å². The highest BCUT2D eigenvalue weighted by Crippen LogP contribution is 2.21. The van der Waals surface area contributed by atoms with Crippen LogP contribution in [-0.4, -0.2) is 25.2 Å². The van der Waals surface area contributed by atoms with Crippen molar-refractivity contribution in [3.8, 4) is 5.69 Å². The molecule has 2 rings (SSSR count). The number of benzene rings is 1. The molecule has 94 valence electrons. The maximum atomic E-state index is 10.9. The molecule has 0 atom stereocenters. The van der Waals surface area contributed by atoms with Crippen molar-refractivity contribution >= 4 is 21.6 Å². The van der Waals surface area contributed by atoms with Crippen LogP contribution in [0.4, 0.5) is 5.69 Å². The Bertz CT molecular complexity index is 582. The maximum absolute atomic E-state index is 10.9. The number of nitro groups is 1. The van der Waals surface area contributed by atoms with E-state index in [0.717, 1.165) is 17.4 Å². The first kappa shape index (κ1) is 12.7. The second kappa shape index (κ2) is 5.26. The van der Waals surface area contributed by atoms with Crippen LogP contribution in [0.3, 0.4) is 0 Å². The van der Waals surface area contributed by atoms with Gasteiger partial charge in [0.05, 0.1) is 22.5 Å². The molecule has 0 spiro atoms. The van der Waals surface area contributed by atoms with E-state index in [9.17, 15) is 10.1 Å². The summed E-state index contributed by atoms with van der Waals surface area (Å²) in [5, 5.41) is 19.6. The second-order valence-electron chi connectivity index (χ2n) is 3.82. The molecule has 0 radical (unpaired) electrons. The zero-order chi connectivity index (χ0) is 13.1. The summed E-state index contributed by atoms with van der Waals surface area (Å²) in [5.41, 5.74) is 2.20. The summed E-state index contributed by atoms with van der Waals surface area (Å²) in [4.78, 5) is 10.5. The van der Waals surface area contributed by atoms with Crippen LogP contribution >= 0.6 is 15.9 Å². The highest BCUT2D eigenvalue weighted by molar-refractivity contribution is 9.09. The summed E-state index contributed by atoms with van der Waals surface area (Å²) >= 11 is 3.33. The monoisotopic (exact) mass is 310 g/mol. The molecule has 0 bridgehead atoms. The van der Waals surface area contributed by atoms with E-state index < -0.39 is 4.92 Å². The second-order valence-corrected chi connectivity index (χ2v) is 4.61. The van der Waals surface area contributed by atoms with E-state index in [1.165, 1.54) is 6.07 Å². The molecule has 1 heterocycles. The van der Waals surface area contributed by atoms with Gasteiger partial charge in [0, 0.05) is 23.4 Å². The summed E-state index contributed by atoms with van der Waals surface area (Å²) in [7, 11) is 0. The molecule has 2 aromatic rings. The topological polar surface area (TPSA) is 73.8 Å². The van der Waals surface area contributed by atoms with E-state index in [1.807, 2.05) is 0 Å². The Morgan fingerprint density at radius 1 is 1.50 bits per heavy atom. The van der Waals surface area contributed by atoms with Crippen molar-refractivity contribution in [2.45, 2.75) is 13.3 Å². The van der Waals surface area contributed by atoms with Gasteiger partial charge in [-0.25, -0.2) is 4.68 Å². The molecule has 0 aliphatic heterocycles. The van der Waals surface area contributed by atoms with Gasteiger partial charge in [-0.05, 0) is 13.0 Å². The van der Waals surface area contributed by atoms with Crippen molar-refractivity contribution in [2.75, 3.05) is 5.33 Å². The molecule has 0 aliphatic rings. The summed E-state index contributed by atoms with van der Waals surface area (Å²) in [6.45, 7) is 1.71. The quantitative estimate of drug-likeness (QED) is 0.494. The van der Waals surface area contributed by atoms with Gasteiger partial charge in [0.1, 0.15) is 0 Å². The normalized spacial score (nSPS) is 10.6. The standard InChI is InChI=1S/C11H11BrN4O2/c1-8-2-3-10(6-11(8)16(17)18)15-7-9(4-5-12)13-14-15/h2-3,6-7H,4-5H2,1H3. The number of aromatic nitrogens is 3. The number of hydrogen-bond acceptors (Lipinski definition) is 4. The van der Waals surface area contributed by atoms with Gasteiger partial charge in [-0.3, -0.25) is 10.1 Å². The molecule has 0 saturated carbocycles. The molecule has 0 N–H and O–H groups in total. The lowest BCUT2D eigenvalue weighted by atomic mass is 10.2. The summed E-state index contributed by atoms with van der Waals surface area (Å²) in [5.74, 6) is 0. The van der Waals surface area contributed by atoms with Gasteiger partial charge >= 0.3 is 0 Å². The lowest BCUT2D eigenvalue weighted by Crippen LogP contribution is -1.98. The van der Waals surface area contributed by atoms with Crippen LogP contribution in [0.5, 0.6) is 0 Å². The first-order chi connectivity index (χ1) is 8.61. The first-order valence-corrected chi connectivity index (χ1v) is 6.46. The van der Waals surface area contributed by atoms with Gasteiger partial charge in [0.25, 0.3) is 5.69 Å². The molecular weight excluding hydrogens is 300 g/mol. The van der Waals surface area contributed by atoms with Crippen LogP contribution in [0, 0.1) is 17.0 Å². The van der Waals surface area contributed by atoms with Crippen LogP contribution < -0.4 is 0 Å². The largest absolute Gasteiger partial charge is 0.274 e. The van der Waals surface area contributed by atoms with E-state index in [4.69, 9.17) is 0 Å². The number of nitrogens with zero attached hydrogens (tertiary/aromatic N) is 4. The van der Waals surface area contributed by atoms with Crippen molar-refractivity contribution in [1.29, 1.82) is 0 Å². The minimum absolute atomic E-state index is 0.0880. The number of rotatable bonds is 4. The fraction of sp³-hybridized carbons (Fsp3) is 0.273. The lowest BCUT2D eigenvalue weighted by Gasteiger charge is -2.01. The number of hydrogen-bond donors (Lipinski definition) is 0. The van der Waals surface area contributed by atoms with Crippen LogP contribution in [0.2, 0.25) is 0 Å². The van der Waals surface area contributed by atoms with E-state index in [1.54, 1.807) is 29.9 Å². The molecule has 7 heteroatoms. The van der Waals surface area contributed by atoms with Crippen molar-refractivity contribution in [1.82, 2.24) is 15.0 Å². The van der Waals surface area contributed by atoms with Crippen molar-refractivity contribution in [2.24, 2.45) is 0 Å². The Kier molecular flexibility index (Phi) is 3.71. The SMILES string of the molecule is Cc1ccc(-n2cc(CCBr)nn2)cc1[N+](=O)[O-]. The van der Waals surface area contributed by atoms with Crippen LogP contribution in [0.25, 0.3) is 5.69 Å². The van der Waals surface area contributed by atoms with Gasteiger partial charge in [0.2, 0.25) is 0 Å². The Labute approximate surface area is 112 Å². The zero-order valence-corrected chi connectivity index (χ0v) is 11.3. The zero-order valence-electron chi connectivity index (χ0n) is 9.71. The molecule has 0 fully saturated rings. The third kappa shape index (κ3) is 2.56. The molecule has 0 amide bonds. The minimum atomic E-state index is -0.394. The van der Waals surface area contributed by atoms with Gasteiger partial charge in [-0.1, -0.05) is 27.2 Å². The number of aryl methyl sites for hydroxylation is 2. The Morgan fingerprint density at radius 2 is 2.28 bits per heavy atom. The predicted octanol–water partition coefficient (Wildman–Crippen LogP) is 2.42. The molecule has 0 unspecified atom stereocenters. The highest BCUT2D eigenvalue weighted by Gasteiger charge is 2.12. The molecule has 18 heavy (non-hydrogen) atoms. The highest BCUT2D eigenvalue weighted by atomic mass is 79.9. The number of nitro benzene ring substituents is 1. The lowest BCUT2D eigenvalue weighted by molar-refractivity contribution is -0.385. The van der Waals surface area contributed by atoms with Crippen LogP contribution in [-0.2, 0) is 6.42 Å². The average molecular weight is 311 g/mol. The van der Waals surface area contributed by atoms with E-state index >= 15 is 0 Å². The predicted molar refractivity (Wildman–Crippen MR) is 70.2 cm³/mol. The van der Waals surface area contributed by atoms with Crippen molar-refractivity contribution in [3.05, 3.63) is 45.8 Å². The van der Waals surface area contributed by atoms with Gasteiger partial charge in [-0.2, -0.15) is 0 Å². The summed E-state index contributed by atoms with van der Waals surface area (Å²) in [6.07, 6.45) is 2.55. The smallest absolute Gasteiger partial charge is 0.258 e. The number of halogens is 1. The third-order valence-electron chi connectivity index (χ3n) is 2.55. The van der Waals surface area contributed by atoms with Crippen molar-refractivity contribution in [3.63, 3.8) is 0 Å². The molecular formula is C11H11BrN4O2. The summed E-state index contributed by atoms with van der Waals surface area (Å²) in [6, 6.07) is 5.00. The molecule has 1 aromatic carbocycles. The molecule has 1 aromatic heterocycles. The minimum Gasteiger partial charge on any atom is -0.258 e. The third-order valence-corrected chi connectivity index (χ3v) is 2.94. The van der Waals surface area contributed by atoms with E-state index in [-0.39, 0.29) is 5.69 Å². The fourth-order valence-electron chi connectivity index (χ4n) is 1.57. The van der Waals surface area contributed by atoms with Crippen molar-refractivity contribution < 1.29 is 4.92 Å². The van der Waals surface area contributed by atoms with Gasteiger partial charge in [0.15, 0.2) is 0 Å².